The van der Waals surface area contributed by atoms with Crippen LogP contribution in [-0.4, -0.2) is 33.5 Å². The topological polar surface area (TPSA) is 84.3 Å². The average molecular weight is 294 g/mol. The summed E-state index contributed by atoms with van der Waals surface area (Å²) in [5, 5.41) is 9.40. The molecule has 0 saturated carbocycles. The number of fused-ring (bicyclic) bond motifs is 1. The molecule has 0 bridgehead atoms. The molecule has 0 amide bonds. The zero-order valence-electron chi connectivity index (χ0n) is 11.4. The molecule has 0 spiro atoms. The van der Waals surface area contributed by atoms with E-state index in [0.717, 1.165) is 5.56 Å². The molecule has 21 heavy (non-hydrogen) atoms. The number of rotatable bonds is 2. The number of hydrogen-bond acceptors (Lipinski definition) is 4. The minimum Gasteiger partial charge on any atom is -0.394 e. The van der Waals surface area contributed by atoms with Gasteiger partial charge < -0.3 is 9.84 Å². The summed E-state index contributed by atoms with van der Waals surface area (Å²) in [7, 11) is 0. The highest BCUT2D eigenvalue weighted by molar-refractivity contribution is 5.78. The number of hydrogen-bond donors (Lipinski definition) is 2. The lowest BCUT2D eigenvalue weighted by Gasteiger charge is -2.16. The fourth-order valence-corrected chi connectivity index (χ4v) is 2.67. The van der Waals surface area contributed by atoms with Crippen LogP contribution in [0.1, 0.15) is 18.2 Å². The number of aliphatic hydroxyl groups is 1. The predicted octanol–water partition coefficient (Wildman–Crippen LogP) is 0.616. The zero-order valence-corrected chi connectivity index (χ0v) is 11.4. The lowest BCUT2D eigenvalue weighted by molar-refractivity contribution is -0.0337. The van der Waals surface area contributed by atoms with Crippen molar-refractivity contribution >= 4 is 10.9 Å². The Hall–Kier alpha value is -1.99. The highest BCUT2D eigenvalue weighted by Crippen LogP contribution is 2.31. The normalized spacial score (nSPS) is 25.6. The van der Waals surface area contributed by atoms with Crippen molar-refractivity contribution in [2.45, 2.75) is 31.8 Å². The van der Waals surface area contributed by atoms with Crippen LogP contribution in [0.3, 0.4) is 0 Å². The number of H-pyrrole nitrogens is 1. The number of nitrogens with zero attached hydrogens (tertiary/aromatic N) is 1. The Morgan fingerprint density at radius 2 is 2.24 bits per heavy atom. The Kier molecular flexibility index (Phi) is 3.38. The van der Waals surface area contributed by atoms with E-state index in [1.807, 2.05) is 6.92 Å². The molecule has 1 aliphatic rings. The molecule has 0 aliphatic carbocycles. The molecule has 0 radical (unpaired) electrons. The largest absolute Gasteiger partial charge is 0.394 e. The van der Waals surface area contributed by atoms with Gasteiger partial charge in [0.05, 0.1) is 17.5 Å². The fraction of sp³-hybridized carbons (Fsp3) is 0.429. The van der Waals surface area contributed by atoms with E-state index >= 15 is 0 Å². The summed E-state index contributed by atoms with van der Waals surface area (Å²) < 4.78 is 20.3. The summed E-state index contributed by atoms with van der Waals surface area (Å²) in [5.74, 6) is 0. The summed E-state index contributed by atoms with van der Waals surface area (Å²) >= 11 is 0. The summed E-state index contributed by atoms with van der Waals surface area (Å²) in [6, 6.07) is 5.07. The molecule has 1 saturated heterocycles. The van der Waals surface area contributed by atoms with Gasteiger partial charge in [-0.1, -0.05) is 11.6 Å². The number of alkyl halides is 1. The highest BCUT2D eigenvalue weighted by atomic mass is 19.1. The van der Waals surface area contributed by atoms with Gasteiger partial charge in [-0.2, -0.15) is 0 Å². The molecule has 0 unspecified atom stereocenters. The van der Waals surface area contributed by atoms with Crippen LogP contribution in [0.2, 0.25) is 0 Å². The van der Waals surface area contributed by atoms with E-state index in [4.69, 9.17) is 9.84 Å². The molecule has 2 aromatic rings. The Bertz CT molecular complexity index is 798. The van der Waals surface area contributed by atoms with Crippen molar-refractivity contribution in [1.82, 2.24) is 9.55 Å². The smallest absolute Gasteiger partial charge is 0.330 e. The van der Waals surface area contributed by atoms with Crippen molar-refractivity contribution in [3.63, 3.8) is 0 Å². The van der Waals surface area contributed by atoms with Gasteiger partial charge in [0, 0.05) is 6.42 Å². The molecule has 3 atom stereocenters. The molecule has 1 aliphatic heterocycles. The first kappa shape index (κ1) is 14.0. The lowest BCUT2D eigenvalue weighted by Crippen LogP contribution is -2.33. The molecule has 1 aromatic carbocycles. The van der Waals surface area contributed by atoms with Gasteiger partial charge in [-0.25, -0.2) is 9.18 Å². The van der Waals surface area contributed by atoms with Crippen LogP contribution in [0.5, 0.6) is 0 Å². The van der Waals surface area contributed by atoms with Crippen molar-refractivity contribution in [2.75, 3.05) is 6.61 Å². The van der Waals surface area contributed by atoms with E-state index in [0.29, 0.717) is 10.9 Å². The highest BCUT2D eigenvalue weighted by Gasteiger charge is 2.37. The molecular weight excluding hydrogens is 279 g/mol. The van der Waals surface area contributed by atoms with Crippen molar-refractivity contribution in [3.05, 3.63) is 44.6 Å². The van der Waals surface area contributed by atoms with Crippen molar-refractivity contribution < 1.29 is 14.2 Å². The first-order chi connectivity index (χ1) is 10.0. The summed E-state index contributed by atoms with van der Waals surface area (Å²) in [5.41, 5.74) is 0.142. The third kappa shape index (κ3) is 2.28. The van der Waals surface area contributed by atoms with Crippen LogP contribution in [-0.2, 0) is 4.74 Å². The maximum atomic E-state index is 13.7. The SMILES string of the molecule is Cc1ccc2c(c1)c(=O)[nH]c(=O)n2[C@H]1C[C@H](F)[C@@H](CO)O1. The van der Waals surface area contributed by atoms with Gasteiger partial charge >= 0.3 is 5.69 Å². The summed E-state index contributed by atoms with van der Waals surface area (Å²) in [6.07, 6.45) is -3.18. The van der Waals surface area contributed by atoms with Crippen LogP contribution in [0.25, 0.3) is 10.9 Å². The molecule has 112 valence electrons. The van der Waals surface area contributed by atoms with Crippen molar-refractivity contribution in [2.24, 2.45) is 0 Å². The molecule has 1 aromatic heterocycles. The number of halogens is 1. The van der Waals surface area contributed by atoms with Crippen molar-refractivity contribution in [3.8, 4) is 0 Å². The number of aliphatic hydroxyl groups excluding tert-OH is 1. The van der Waals surface area contributed by atoms with Crippen LogP contribution >= 0.6 is 0 Å². The van der Waals surface area contributed by atoms with Gasteiger partial charge in [-0.3, -0.25) is 14.3 Å². The summed E-state index contributed by atoms with van der Waals surface area (Å²) in [6.45, 7) is 1.38. The quantitative estimate of drug-likeness (QED) is 0.850. The molecular formula is C14H15FN2O4. The van der Waals surface area contributed by atoms with Gasteiger partial charge in [-0.05, 0) is 19.1 Å². The Balaban J connectivity index is 2.19. The van der Waals surface area contributed by atoms with Crippen LogP contribution in [0.4, 0.5) is 4.39 Å². The van der Waals surface area contributed by atoms with Gasteiger partial charge in [-0.15, -0.1) is 0 Å². The van der Waals surface area contributed by atoms with E-state index in [9.17, 15) is 14.0 Å². The molecule has 1 fully saturated rings. The number of ether oxygens (including phenoxy) is 1. The Labute approximate surface area is 118 Å². The number of aromatic nitrogens is 2. The molecule has 7 heteroatoms. The average Bonchev–Trinajstić information content (AvgIpc) is 2.80. The minimum absolute atomic E-state index is 0.0415. The monoisotopic (exact) mass is 294 g/mol. The molecule has 6 nitrogen and oxygen atoms in total. The lowest BCUT2D eigenvalue weighted by atomic mass is 10.1. The summed E-state index contributed by atoms with van der Waals surface area (Å²) in [4.78, 5) is 26.2. The number of benzene rings is 1. The first-order valence-corrected chi connectivity index (χ1v) is 6.67. The molecule has 2 heterocycles. The standard InChI is InChI=1S/C14H15FN2O4/c1-7-2-3-10-8(4-7)13(19)16-14(20)17(10)12-5-9(15)11(6-18)21-12/h2-4,9,11-12,18H,5-6H2,1H3,(H,16,19,20)/t9-,11+,12+/m0/s1. The second-order valence-electron chi connectivity index (χ2n) is 5.21. The van der Waals surface area contributed by atoms with Gasteiger partial charge in [0.2, 0.25) is 0 Å². The number of aryl methyl sites for hydroxylation is 1. The van der Waals surface area contributed by atoms with Gasteiger partial charge in [0.15, 0.2) is 0 Å². The van der Waals surface area contributed by atoms with Gasteiger partial charge in [0.1, 0.15) is 18.5 Å². The Morgan fingerprint density at radius 1 is 1.48 bits per heavy atom. The molecule has 2 N–H and O–H groups in total. The van der Waals surface area contributed by atoms with Crippen LogP contribution < -0.4 is 11.2 Å². The maximum absolute atomic E-state index is 13.7. The van der Waals surface area contributed by atoms with Gasteiger partial charge in [0.25, 0.3) is 5.56 Å². The number of nitrogens with one attached hydrogen (secondary N) is 1. The van der Waals surface area contributed by atoms with E-state index in [1.54, 1.807) is 18.2 Å². The van der Waals surface area contributed by atoms with E-state index in [2.05, 4.69) is 4.98 Å². The van der Waals surface area contributed by atoms with Crippen LogP contribution in [0.15, 0.2) is 27.8 Å². The first-order valence-electron chi connectivity index (χ1n) is 6.67. The van der Waals surface area contributed by atoms with Crippen molar-refractivity contribution in [1.29, 1.82) is 0 Å². The maximum Gasteiger partial charge on any atom is 0.330 e. The van der Waals surface area contributed by atoms with E-state index in [-0.39, 0.29) is 6.42 Å². The second-order valence-corrected chi connectivity index (χ2v) is 5.21. The Morgan fingerprint density at radius 3 is 2.90 bits per heavy atom. The third-order valence-electron chi connectivity index (χ3n) is 3.73. The van der Waals surface area contributed by atoms with E-state index in [1.165, 1.54) is 4.57 Å². The second kappa shape index (κ2) is 5.09. The van der Waals surface area contributed by atoms with E-state index < -0.39 is 36.4 Å². The molecule has 3 rings (SSSR count). The zero-order chi connectivity index (χ0) is 15.1. The van der Waals surface area contributed by atoms with Crippen LogP contribution in [0, 0.1) is 6.92 Å². The number of aromatic amines is 1. The minimum atomic E-state index is -1.35. The third-order valence-corrected chi connectivity index (χ3v) is 3.73. The predicted molar refractivity (Wildman–Crippen MR) is 74.1 cm³/mol. The fourth-order valence-electron chi connectivity index (χ4n) is 2.67.